The summed E-state index contributed by atoms with van der Waals surface area (Å²) in [5.74, 6) is -0.657. The maximum atomic E-state index is 12.1. The van der Waals surface area contributed by atoms with E-state index in [1.54, 1.807) is 19.4 Å². The van der Waals surface area contributed by atoms with Crippen LogP contribution in [0, 0.1) is 0 Å². The summed E-state index contributed by atoms with van der Waals surface area (Å²) in [5.41, 5.74) is 6.86. The highest BCUT2D eigenvalue weighted by Gasteiger charge is 2.17. The fourth-order valence-corrected chi connectivity index (χ4v) is 2.71. The number of methoxy groups -OCH3 is 1. The maximum absolute atomic E-state index is 12.1. The van der Waals surface area contributed by atoms with Crippen molar-refractivity contribution in [2.75, 3.05) is 32.5 Å². The smallest absolute Gasteiger partial charge is 0.264 e. The molecule has 4 N–H and O–H groups in total. The fourth-order valence-electron chi connectivity index (χ4n) is 1.71. The lowest BCUT2D eigenvalue weighted by atomic mass is 10.3. The number of anilines is 1. The van der Waals surface area contributed by atoms with E-state index in [0.29, 0.717) is 29.2 Å². The van der Waals surface area contributed by atoms with Crippen molar-refractivity contribution in [2.24, 2.45) is 0 Å². The topological polar surface area (TPSA) is 106 Å². The number of nitrogens with zero attached hydrogens (tertiary/aromatic N) is 1. The first-order valence-corrected chi connectivity index (χ1v) is 7.12. The number of pyridine rings is 1. The summed E-state index contributed by atoms with van der Waals surface area (Å²) in [5, 5.41) is 5.15. The Balaban J connectivity index is 1.96. The first kappa shape index (κ1) is 15.2. The molecule has 0 aromatic carbocycles. The third-order valence-electron chi connectivity index (χ3n) is 2.73. The molecule has 8 heteroatoms. The second-order valence-electron chi connectivity index (χ2n) is 4.22. The first-order chi connectivity index (χ1) is 10.1. The van der Waals surface area contributed by atoms with Gasteiger partial charge in [-0.3, -0.25) is 14.6 Å². The van der Waals surface area contributed by atoms with Crippen LogP contribution in [0.2, 0.25) is 0 Å². The number of aromatic nitrogens is 1. The number of hydrogen-bond acceptors (Lipinski definition) is 6. The predicted octanol–water partition coefficient (Wildman–Crippen LogP) is 0.371. The van der Waals surface area contributed by atoms with Crippen LogP contribution < -0.4 is 16.4 Å². The van der Waals surface area contributed by atoms with E-state index < -0.39 is 0 Å². The van der Waals surface area contributed by atoms with Gasteiger partial charge < -0.3 is 21.1 Å². The highest BCUT2D eigenvalue weighted by Crippen LogP contribution is 2.31. The number of nitrogen functional groups attached to an aromatic ring is 1. The molecule has 7 nitrogen and oxygen atoms in total. The SMILES string of the molecule is COCCNC(=O)CNC(=O)c1sc2cccnc2c1N. The maximum Gasteiger partial charge on any atom is 0.264 e. The van der Waals surface area contributed by atoms with Crippen LogP contribution >= 0.6 is 11.3 Å². The van der Waals surface area contributed by atoms with E-state index in [0.717, 1.165) is 4.70 Å². The summed E-state index contributed by atoms with van der Waals surface area (Å²) in [4.78, 5) is 28.1. The number of fused-ring (bicyclic) bond motifs is 1. The van der Waals surface area contributed by atoms with Gasteiger partial charge in [-0.25, -0.2) is 0 Å². The zero-order valence-electron chi connectivity index (χ0n) is 11.5. The molecule has 2 aromatic rings. The van der Waals surface area contributed by atoms with Gasteiger partial charge in [0.15, 0.2) is 0 Å². The molecule has 0 atom stereocenters. The van der Waals surface area contributed by atoms with Crippen LogP contribution in [-0.4, -0.2) is 43.6 Å². The molecule has 21 heavy (non-hydrogen) atoms. The minimum absolute atomic E-state index is 0.107. The summed E-state index contributed by atoms with van der Waals surface area (Å²) in [6.07, 6.45) is 1.62. The van der Waals surface area contributed by atoms with Gasteiger partial charge in [-0.15, -0.1) is 11.3 Å². The predicted molar refractivity (Wildman–Crippen MR) is 81.3 cm³/mol. The lowest BCUT2D eigenvalue weighted by molar-refractivity contribution is -0.120. The lowest BCUT2D eigenvalue weighted by Gasteiger charge is -2.05. The molecule has 0 saturated heterocycles. The third-order valence-corrected chi connectivity index (χ3v) is 3.89. The standard InChI is InChI=1S/C13H16N4O3S/c1-20-6-5-15-9(18)7-17-13(19)12-10(14)11-8(21-12)3-2-4-16-11/h2-4H,5-7,14H2,1H3,(H,15,18)(H,17,19). The molecule has 0 radical (unpaired) electrons. The number of ether oxygens (including phenoxy) is 1. The molecule has 0 aliphatic carbocycles. The Morgan fingerprint density at radius 3 is 2.95 bits per heavy atom. The summed E-state index contributed by atoms with van der Waals surface area (Å²) in [6.45, 7) is 0.721. The van der Waals surface area contributed by atoms with Gasteiger partial charge in [0, 0.05) is 19.9 Å². The van der Waals surface area contributed by atoms with Crippen LogP contribution in [0.15, 0.2) is 18.3 Å². The van der Waals surface area contributed by atoms with Gasteiger partial charge in [0.25, 0.3) is 5.91 Å². The Labute approximate surface area is 125 Å². The molecule has 112 valence electrons. The molecule has 0 fully saturated rings. The summed E-state index contributed by atoms with van der Waals surface area (Å²) < 4.78 is 5.65. The average molecular weight is 308 g/mol. The zero-order chi connectivity index (χ0) is 15.2. The lowest BCUT2D eigenvalue weighted by Crippen LogP contribution is -2.38. The summed E-state index contributed by atoms with van der Waals surface area (Å²) >= 11 is 1.25. The molecule has 0 aliphatic heterocycles. The van der Waals surface area contributed by atoms with Crippen LogP contribution in [0.5, 0.6) is 0 Å². The average Bonchev–Trinajstić information content (AvgIpc) is 2.83. The van der Waals surface area contributed by atoms with E-state index in [4.69, 9.17) is 10.5 Å². The van der Waals surface area contributed by atoms with E-state index >= 15 is 0 Å². The molecule has 0 spiro atoms. The van der Waals surface area contributed by atoms with Crippen molar-refractivity contribution in [3.05, 3.63) is 23.2 Å². The number of hydrogen-bond donors (Lipinski definition) is 3. The van der Waals surface area contributed by atoms with E-state index in [1.807, 2.05) is 6.07 Å². The van der Waals surface area contributed by atoms with Crippen LogP contribution in [-0.2, 0) is 9.53 Å². The number of nitrogens with two attached hydrogens (primary N) is 1. The Hall–Kier alpha value is -2.19. The van der Waals surface area contributed by atoms with Crippen LogP contribution in [0.1, 0.15) is 9.67 Å². The Kier molecular flexibility index (Phi) is 5.07. The van der Waals surface area contributed by atoms with Crippen LogP contribution in [0.3, 0.4) is 0 Å². The second kappa shape index (κ2) is 7.00. The van der Waals surface area contributed by atoms with Crippen molar-refractivity contribution >= 4 is 39.1 Å². The van der Waals surface area contributed by atoms with Gasteiger partial charge in [0.2, 0.25) is 5.91 Å². The van der Waals surface area contributed by atoms with Crippen molar-refractivity contribution < 1.29 is 14.3 Å². The van der Waals surface area contributed by atoms with Gasteiger partial charge in [-0.2, -0.15) is 0 Å². The third kappa shape index (κ3) is 3.67. The molecule has 0 aliphatic rings. The van der Waals surface area contributed by atoms with Gasteiger partial charge in [-0.1, -0.05) is 0 Å². The normalized spacial score (nSPS) is 10.5. The first-order valence-electron chi connectivity index (χ1n) is 6.30. The number of thiophene rings is 1. The van der Waals surface area contributed by atoms with Crippen LogP contribution in [0.25, 0.3) is 10.2 Å². The molecular formula is C13H16N4O3S. The summed E-state index contributed by atoms with van der Waals surface area (Å²) in [7, 11) is 1.55. The number of carbonyl (C=O) groups excluding carboxylic acids is 2. The number of amides is 2. The Morgan fingerprint density at radius 2 is 2.24 bits per heavy atom. The molecule has 0 bridgehead atoms. The second-order valence-corrected chi connectivity index (χ2v) is 5.27. The van der Waals surface area contributed by atoms with Crippen molar-refractivity contribution in [3.8, 4) is 0 Å². The fraction of sp³-hybridized carbons (Fsp3) is 0.308. The summed E-state index contributed by atoms with van der Waals surface area (Å²) in [6, 6.07) is 3.63. The van der Waals surface area contributed by atoms with E-state index in [-0.39, 0.29) is 18.4 Å². The zero-order valence-corrected chi connectivity index (χ0v) is 12.3. The molecule has 2 heterocycles. The highest BCUT2D eigenvalue weighted by molar-refractivity contribution is 7.21. The minimum atomic E-state index is -0.377. The molecular weight excluding hydrogens is 292 g/mol. The molecule has 2 amide bonds. The molecule has 0 unspecified atom stereocenters. The molecule has 2 rings (SSSR count). The molecule has 0 saturated carbocycles. The Morgan fingerprint density at radius 1 is 1.43 bits per heavy atom. The largest absolute Gasteiger partial charge is 0.396 e. The quantitative estimate of drug-likeness (QED) is 0.669. The van der Waals surface area contributed by atoms with Crippen LogP contribution in [0.4, 0.5) is 5.69 Å². The van der Waals surface area contributed by atoms with E-state index in [1.165, 1.54) is 11.3 Å². The number of rotatable bonds is 6. The molecule has 2 aromatic heterocycles. The van der Waals surface area contributed by atoms with Crippen molar-refractivity contribution in [1.82, 2.24) is 15.6 Å². The van der Waals surface area contributed by atoms with E-state index in [2.05, 4.69) is 15.6 Å². The van der Waals surface area contributed by atoms with Gasteiger partial charge in [0.1, 0.15) is 10.4 Å². The van der Waals surface area contributed by atoms with Crippen molar-refractivity contribution in [3.63, 3.8) is 0 Å². The van der Waals surface area contributed by atoms with E-state index in [9.17, 15) is 9.59 Å². The van der Waals surface area contributed by atoms with Gasteiger partial charge >= 0.3 is 0 Å². The number of nitrogens with one attached hydrogen (secondary N) is 2. The van der Waals surface area contributed by atoms with Crippen molar-refractivity contribution in [1.29, 1.82) is 0 Å². The van der Waals surface area contributed by atoms with Gasteiger partial charge in [-0.05, 0) is 12.1 Å². The monoisotopic (exact) mass is 308 g/mol. The van der Waals surface area contributed by atoms with Gasteiger partial charge in [0.05, 0.1) is 23.5 Å². The highest BCUT2D eigenvalue weighted by atomic mass is 32.1. The number of carbonyl (C=O) groups is 2. The Bertz CT molecular complexity index is 656. The minimum Gasteiger partial charge on any atom is -0.396 e. The van der Waals surface area contributed by atoms with Crippen molar-refractivity contribution in [2.45, 2.75) is 0 Å².